The molecule has 14 nitrogen and oxygen atoms in total. The van der Waals surface area contributed by atoms with E-state index in [9.17, 15) is 32.4 Å². The number of alkyl carbamates (subject to hydrolysis) is 1. The van der Waals surface area contributed by atoms with Gasteiger partial charge in [-0.1, -0.05) is 47.0 Å². The van der Waals surface area contributed by atoms with Crippen molar-refractivity contribution in [3.8, 4) is 0 Å². The van der Waals surface area contributed by atoms with E-state index < -0.39 is 75.7 Å². The molecule has 5 atom stereocenters. The predicted octanol–water partition coefficient (Wildman–Crippen LogP) is 3.64. The quantitative estimate of drug-likeness (QED) is 0.444. The third kappa shape index (κ3) is 8.35. The van der Waals surface area contributed by atoms with E-state index >= 15 is 0 Å². The third-order valence-corrected chi connectivity index (χ3v) is 9.44. The molecule has 1 aromatic carbocycles. The average molecular weight is 706 g/mol. The Morgan fingerprint density at radius 2 is 1.85 bits per heavy atom. The van der Waals surface area contributed by atoms with Gasteiger partial charge in [0.05, 0.1) is 6.54 Å². The lowest BCUT2D eigenvalue weighted by atomic mass is 10.0. The molecule has 1 saturated carbocycles. The molecule has 0 aromatic heterocycles. The maximum Gasteiger partial charge on any atom is 0.410 e. The molecule has 3 aliphatic heterocycles. The number of carbonyl (C=O) groups excluding carboxylic acids is 5. The van der Waals surface area contributed by atoms with Crippen LogP contribution >= 0.6 is 11.6 Å². The van der Waals surface area contributed by atoms with E-state index in [0.29, 0.717) is 24.4 Å². The van der Waals surface area contributed by atoms with Crippen LogP contribution in [0.3, 0.4) is 0 Å². The summed E-state index contributed by atoms with van der Waals surface area (Å²) in [5.74, 6) is -2.81. The van der Waals surface area contributed by atoms with Crippen LogP contribution in [0.25, 0.3) is 0 Å². The maximum absolute atomic E-state index is 14.2. The van der Waals surface area contributed by atoms with Crippen LogP contribution in [0.5, 0.6) is 0 Å². The number of benzene rings is 1. The number of nitrogens with zero attached hydrogens (tertiary/aromatic N) is 3. The number of ether oxygens (including phenoxy) is 2. The highest BCUT2D eigenvalue weighted by Gasteiger charge is 2.61. The topological polar surface area (TPSA) is 181 Å². The molecule has 0 radical (unpaired) electrons. The smallest absolute Gasteiger partial charge is 0.410 e. The van der Waals surface area contributed by atoms with Crippen LogP contribution < -0.4 is 10.6 Å². The van der Waals surface area contributed by atoms with Gasteiger partial charge in [-0.2, -0.15) is 8.42 Å². The van der Waals surface area contributed by atoms with Crippen molar-refractivity contribution < 1.29 is 41.9 Å². The number of hydrogen-bond donors (Lipinski definition) is 2. The summed E-state index contributed by atoms with van der Waals surface area (Å²) in [7, 11) is -3.03. The Kier molecular flexibility index (Phi) is 10.5. The van der Waals surface area contributed by atoms with Gasteiger partial charge in [0.15, 0.2) is 0 Å². The van der Waals surface area contributed by atoms with E-state index in [2.05, 4.69) is 15.0 Å². The second kappa shape index (κ2) is 14.2. The minimum absolute atomic E-state index is 0.0928. The van der Waals surface area contributed by atoms with Crippen molar-refractivity contribution in [3.05, 3.63) is 46.5 Å². The van der Waals surface area contributed by atoms with Gasteiger partial charge in [0.1, 0.15) is 29.3 Å². The average Bonchev–Trinajstić information content (AvgIpc) is 3.30. The van der Waals surface area contributed by atoms with Gasteiger partial charge in [0.2, 0.25) is 11.8 Å². The molecule has 5 amide bonds. The highest BCUT2D eigenvalue weighted by atomic mass is 35.5. The molecule has 260 valence electrons. The molecule has 1 saturated heterocycles. The van der Waals surface area contributed by atoms with Crippen molar-refractivity contribution in [1.29, 1.82) is 0 Å². The molecule has 2 N–H and O–H groups in total. The monoisotopic (exact) mass is 705 g/mol. The second-order valence-electron chi connectivity index (χ2n) is 13.7. The lowest BCUT2D eigenvalue weighted by Crippen LogP contribution is -2.56. The van der Waals surface area contributed by atoms with E-state index in [0.717, 1.165) is 24.0 Å². The van der Waals surface area contributed by atoms with Gasteiger partial charge in [-0.25, -0.2) is 9.59 Å². The minimum Gasteiger partial charge on any atom is -0.444 e. The molecule has 4 aliphatic rings. The molecule has 0 bridgehead atoms. The first-order valence-corrected chi connectivity index (χ1v) is 17.4. The SMILES string of the molecule is CC(C)(C)OC(=O)NC1CCCCCC=CC2CC2(C(=O)N=S(=O)=O)NC(=O)C2CC(OC(=O)N3Cc4ccc(Cl)cc4C3)CN2C1=O. The zero-order valence-electron chi connectivity index (χ0n) is 27.1. The fraction of sp³-hybridized carbons (Fsp3) is 0.594. The molecule has 16 heteroatoms. The van der Waals surface area contributed by atoms with Gasteiger partial charge in [-0.15, -0.1) is 0 Å². The van der Waals surface area contributed by atoms with Crippen molar-refractivity contribution >= 4 is 52.0 Å². The number of halogens is 1. The standard InChI is InChI=1S/C32H40ClN5O9S/c1-31(2,3)47-29(42)34-24-10-8-6-4-5-7-9-21-15-32(21,28(41)36-48(44)45)35-26(39)25-14-23(18-38(25)27(24)40)46-30(43)37-16-19-11-12-22(33)13-20(19)17-37/h7,9,11-13,21,23-25H,4-6,8,10,14-18H2,1-3H3,(H,34,42)(H,35,39). The summed E-state index contributed by atoms with van der Waals surface area (Å²) in [4.78, 5) is 69.9. The molecule has 2 fully saturated rings. The molecular formula is C32H40ClN5O9S. The van der Waals surface area contributed by atoms with E-state index in [1.165, 1.54) is 9.80 Å². The number of amides is 5. The maximum atomic E-state index is 14.2. The lowest BCUT2D eigenvalue weighted by molar-refractivity contribution is -0.141. The first kappa shape index (κ1) is 35.3. The molecule has 3 heterocycles. The number of nitrogens with one attached hydrogen (secondary N) is 2. The van der Waals surface area contributed by atoms with Crippen LogP contribution in [-0.2, 0) is 47.4 Å². The van der Waals surface area contributed by atoms with E-state index in [4.69, 9.17) is 21.1 Å². The normalized spacial score (nSPS) is 27.3. The van der Waals surface area contributed by atoms with Crippen LogP contribution in [0.1, 0.15) is 76.8 Å². The number of hydrogen-bond acceptors (Lipinski definition) is 9. The summed E-state index contributed by atoms with van der Waals surface area (Å²) in [6.07, 6.45) is 4.37. The third-order valence-electron chi connectivity index (χ3n) is 8.89. The summed E-state index contributed by atoms with van der Waals surface area (Å²) in [6, 6.07) is 3.10. The van der Waals surface area contributed by atoms with Crippen LogP contribution in [-0.4, -0.2) is 84.0 Å². The van der Waals surface area contributed by atoms with Gasteiger partial charge in [-0.3, -0.25) is 19.3 Å². The number of allylic oxidation sites excluding steroid dienone is 1. The predicted molar refractivity (Wildman–Crippen MR) is 172 cm³/mol. The zero-order valence-corrected chi connectivity index (χ0v) is 28.6. The number of carbonyl (C=O) groups is 5. The molecular weight excluding hydrogens is 666 g/mol. The fourth-order valence-corrected chi connectivity index (χ4v) is 6.95. The number of fused-ring (bicyclic) bond motifs is 3. The first-order chi connectivity index (χ1) is 22.6. The molecule has 1 aliphatic carbocycles. The lowest BCUT2D eigenvalue weighted by Gasteiger charge is -2.30. The summed E-state index contributed by atoms with van der Waals surface area (Å²) >= 11 is 6.12. The zero-order chi connectivity index (χ0) is 34.8. The Hall–Kier alpha value is -3.98. The molecule has 5 rings (SSSR count). The Balaban J connectivity index is 1.40. The van der Waals surface area contributed by atoms with E-state index in [1.54, 1.807) is 39.0 Å². The highest BCUT2D eigenvalue weighted by Crippen LogP contribution is 2.46. The van der Waals surface area contributed by atoms with Crippen molar-refractivity contribution in [2.45, 2.75) is 108 Å². The second-order valence-corrected chi connectivity index (χ2v) is 14.7. The summed E-state index contributed by atoms with van der Waals surface area (Å²) in [6.45, 7) is 5.52. The highest BCUT2D eigenvalue weighted by molar-refractivity contribution is 7.62. The Bertz CT molecular complexity index is 1650. The summed E-state index contributed by atoms with van der Waals surface area (Å²) in [5.41, 5.74) is -0.603. The van der Waals surface area contributed by atoms with Gasteiger partial charge in [-0.05, 0) is 69.7 Å². The van der Waals surface area contributed by atoms with Gasteiger partial charge in [0, 0.05) is 30.5 Å². The summed E-state index contributed by atoms with van der Waals surface area (Å²) in [5, 5.41) is 5.90. The Morgan fingerprint density at radius 3 is 2.58 bits per heavy atom. The largest absolute Gasteiger partial charge is 0.444 e. The molecule has 5 unspecified atom stereocenters. The Labute approximate surface area is 285 Å². The van der Waals surface area contributed by atoms with Crippen LogP contribution in [0.4, 0.5) is 9.59 Å². The van der Waals surface area contributed by atoms with Crippen molar-refractivity contribution in [1.82, 2.24) is 20.4 Å². The Morgan fingerprint density at radius 1 is 1.10 bits per heavy atom. The minimum atomic E-state index is -3.03. The van der Waals surface area contributed by atoms with Crippen molar-refractivity contribution in [3.63, 3.8) is 0 Å². The van der Waals surface area contributed by atoms with Crippen molar-refractivity contribution in [2.75, 3.05) is 6.54 Å². The first-order valence-electron chi connectivity index (χ1n) is 16.0. The summed E-state index contributed by atoms with van der Waals surface area (Å²) < 4.78 is 37.0. The van der Waals surface area contributed by atoms with Crippen LogP contribution in [0, 0.1) is 5.92 Å². The van der Waals surface area contributed by atoms with Gasteiger partial charge in [0.25, 0.3) is 5.91 Å². The fourth-order valence-electron chi connectivity index (χ4n) is 6.46. The number of rotatable bonds is 3. The van der Waals surface area contributed by atoms with E-state index in [-0.39, 0.29) is 32.4 Å². The van der Waals surface area contributed by atoms with Crippen LogP contribution in [0.15, 0.2) is 34.7 Å². The van der Waals surface area contributed by atoms with Gasteiger partial charge < -0.3 is 25.0 Å². The molecule has 1 aromatic rings. The molecule has 0 spiro atoms. The van der Waals surface area contributed by atoms with Gasteiger partial charge >= 0.3 is 22.7 Å². The van der Waals surface area contributed by atoms with E-state index in [1.807, 2.05) is 12.1 Å². The van der Waals surface area contributed by atoms with Crippen molar-refractivity contribution in [2.24, 2.45) is 10.3 Å². The molecule has 48 heavy (non-hydrogen) atoms. The van der Waals surface area contributed by atoms with Crippen LogP contribution in [0.2, 0.25) is 5.02 Å².